The maximum Gasteiger partial charge on any atom is 0.339 e. The number of furan rings is 1. The molecule has 24 heavy (non-hydrogen) atoms. The average molecular weight is 324 g/mol. The summed E-state index contributed by atoms with van der Waals surface area (Å²) >= 11 is 0. The number of carboxylic acid groups (broad SMARTS) is 1. The van der Waals surface area contributed by atoms with Crippen molar-refractivity contribution in [1.82, 2.24) is 0 Å². The van der Waals surface area contributed by atoms with E-state index in [0.29, 0.717) is 17.1 Å². The number of methoxy groups -OCH3 is 2. The van der Waals surface area contributed by atoms with Gasteiger partial charge in [0.1, 0.15) is 11.3 Å². The summed E-state index contributed by atoms with van der Waals surface area (Å²) in [6.07, 6.45) is 1.37. The molecule has 0 aliphatic carbocycles. The van der Waals surface area contributed by atoms with Crippen LogP contribution in [0.1, 0.15) is 10.4 Å². The summed E-state index contributed by atoms with van der Waals surface area (Å²) in [6.45, 7) is 0. The second-order valence-corrected chi connectivity index (χ2v) is 5.09. The molecule has 0 saturated carbocycles. The Morgan fingerprint density at radius 1 is 0.958 bits per heavy atom. The van der Waals surface area contributed by atoms with Gasteiger partial charge in [-0.25, -0.2) is 4.79 Å². The highest BCUT2D eigenvalue weighted by Crippen LogP contribution is 2.42. The molecule has 0 aliphatic heterocycles. The zero-order valence-corrected chi connectivity index (χ0v) is 13.3. The van der Waals surface area contributed by atoms with Crippen LogP contribution >= 0.6 is 0 Å². The Kier molecular flexibility index (Phi) is 4.24. The van der Waals surface area contributed by atoms with Gasteiger partial charge in [-0.1, -0.05) is 30.3 Å². The Morgan fingerprint density at radius 3 is 2.17 bits per heavy atom. The van der Waals surface area contributed by atoms with Gasteiger partial charge in [-0.2, -0.15) is 0 Å². The monoisotopic (exact) mass is 324 g/mol. The van der Waals surface area contributed by atoms with Gasteiger partial charge in [0.15, 0.2) is 11.5 Å². The fourth-order valence-electron chi connectivity index (χ4n) is 2.61. The van der Waals surface area contributed by atoms with Gasteiger partial charge in [-0.3, -0.25) is 0 Å². The number of aromatic carboxylic acids is 1. The van der Waals surface area contributed by atoms with Crippen LogP contribution in [-0.4, -0.2) is 25.3 Å². The van der Waals surface area contributed by atoms with E-state index in [1.807, 2.05) is 36.4 Å². The Balaban J connectivity index is 2.30. The smallest absolute Gasteiger partial charge is 0.339 e. The highest BCUT2D eigenvalue weighted by atomic mass is 16.5. The Bertz CT molecular complexity index is 865. The molecule has 0 radical (unpaired) electrons. The van der Waals surface area contributed by atoms with Gasteiger partial charge in [0.05, 0.1) is 20.5 Å². The first-order chi connectivity index (χ1) is 11.7. The first kappa shape index (κ1) is 15.7. The minimum atomic E-state index is -1.05. The van der Waals surface area contributed by atoms with Crippen molar-refractivity contribution in [2.24, 2.45) is 0 Å². The van der Waals surface area contributed by atoms with Crippen molar-refractivity contribution in [2.75, 3.05) is 14.2 Å². The number of benzene rings is 2. The molecule has 1 N–H and O–H groups in total. The number of ether oxygens (including phenoxy) is 2. The first-order valence-corrected chi connectivity index (χ1v) is 7.28. The van der Waals surface area contributed by atoms with Gasteiger partial charge in [0.25, 0.3) is 0 Å². The molecule has 1 aromatic heterocycles. The van der Waals surface area contributed by atoms with Crippen LogP contribution in [0.15, 0.2) is 59.2 Å². The highest BCUT2D eigenvalue weighted by molar-refractivity contribution is 5.97. The summed E-state index contributed by atoms with van der Waals surface area (Å²) in [4.78, 5) is 11.5. The number of carboxylic acids is 1. The molecule has 5 nitrogen and oxygen atoms in total. The lowest BCUT2D eigenvalue weighted by Crippen LogP contribution is -1.98. The van der Waals surface area contributed by atoms with E-state index in [1.54, 1.807) is 13.2 Å². The summed E-state index contributed by atoms with van der Waals surface area (Å²) in [5, 5.41) is 9.39. The molecule has 3 aromatic rings. The highest BCUT2D eigenvalue weighted by Gasteiger charge is 2.21. The van der Waals surface area contributed by atoms with Crippen LogP contribution in [0.2, 0.25) is 0 Å². The van der Waals surface area contributed by atoms with E-state index in [2.05, 4.69) is 0 Å². The second kappa shape index (κ2) is 6.50. The fraction of sp³-hybridized carbons (Fsp3) is 0.105. The summed E-state index contributed by atoms with van der Waals surface area (Å²) in [6, 6.07) is 14.6. The maximum absolute atomic E-state index is 11.5. The largest absolute Gasteiger partial charge is 0.493 e. The molecule has 0 bridgehead atoms. The summed E-state index contributed by atoms with van der Waals surface area (Å²) < 4.78 is 16.2. The van der Waals surface area contributed by atoms with E-state index in [1.165, 1.54) is 19.4 Å². The van der Waals surface area contributed by atoms with Crippen molar-refractivity contribution in [3.05, 3.63) is 60.4 Å². The van der Waals surface area contributed by atoms with E-state index in [-0.39, 0.29) is 11.3 Å². The number of rotatable bonds is 5. The lowest BCUT2D eigenvalue weighted by molar-refractivity contribution is 0.0697. The predicted molar refractivity (Wildman–Crippen MR) is 89.6 cm³/mol. The zero-order valence-electron chi connectivity index (χ0n) is 13.3. The van der Waals surface area contributed by atoms with Crippen LogP contribution in [0.3, 0.4) is 0 Å². The second-order valence-electron chi connectivity index (χ2n) is 5.09. The third-order valence-electron chi connectivity index (χ3n) is 3.75. The van der Waals surface area contributed by atoms with Gasteiger partial charge in [0, 0.05) is 5.56 Å². The fourth-order valence-corrected chi connectivity index (χ4v) is 2.61. The van der Waals surface area contributed by atoms with Crippen molar-refractivity contribution in [2.45, 2.75) is 0 Å². The van der Waals surface area contributed by atoms with Crippen LogP contribution in [-0.2, 0) is 0 Å². The molecule has 122 valence electrons. The van der Waals surface area contributed by atoms with Crippen molar-refractivity contribution in [1.29, 1.82) is 0 Å². The molecule has 0 spiro atoms. The lowest BCUT2D eigenvalue weighted by atomic mass is 9.95. The van der Waals surface area contributed by atoms with Crippen LogP contribution in [0.25, 0.3) is 22.5 Å². The Morgan fingerprint density at radius 2 is 1.58 bits per heavy atom. The van der Waals surface area contributed by atoms with Gasteiger partial charge < -0.3 is 19.0 Å². The van der Waals surface area contributed by atoms with Crippen molar-refractivity contribution >= 4 is 5.97 Å². The molecule has 0 saturated heterocycles. The SMILES string of the molecule is COc1cc(-c2ccccc2)c(-c2occc2C(=O)O)cc1OC. The molecule has 2 aromatic carbocycles. The molecule has 0 atom stereocenters. The van der Waals surface area contributed by atoms with E-state index in [4.69, 9.17) is 13.9 Å². The third-order valence-corrected chi connectivity index (χ3v) is 3.75. The standard InChI is InChI=1S/C19H16O5/c1-22-16-10-14(12-6-4-3-5-7-12)15(11-17(16)23-2)18-13(19(20)21)8-9-24-18/h3-11H,1-2H3,(H,20,21). The zero-order chi connectivity index (χ0) is 17.1. The molecule has 0 fully saturated rings. The van der Waals surface area contributed by atoms with Crippen molar-refractivity contribution < 1.29 is 23.8 Å². The normalized spacial score (nSPS) is 10.4. The van der Waals surface area contributed by atoms with Gasteiger partial charge in [-0.05, 0) is 29.3 Å². The molecule has 5 heteroatoms. The Hall–Kier alpha value is -3.21. The quantitative estimate of drug-likeness (QED) is 0.756. The van der Waals surface area contributed by atoms with E-state index in [0.717, 1.165) is 11.1 Å². The molecule has 0 amide bonds. The van der Waals surface area contributed by atoms with Gasteiger partial charge in [-0.15, -0.1) is 0 Å². The van der Waals surface area contributed by atoms with Crippen molar-refractivity contribution in [3.8, 4) is 33.9 Å². The number of hydrogen-bond donors (Lipinski definition) is 1. The van der Waals surface area contributed by atoms with Crippen LogP contribution in [0.5, 0.6) is 11.5 Å². The predicted octanol–water partition coefficient (Wildman–Crippen LogP) is 4.33. The molecule has 0 aliphatic rings. The summed E-state index contributed by atoms with van der Waals surface area (Å²) in [5.41, 5.74) is 2.44. The Labute approximate surface area is 139 Å². The van der Waals surface area contributed by atoms with Crippen molar-refractivity contribution in [3.63, 3.8) is 0 Å². The molecule has 3 rings (SSSR count). The lowest BCUT2D eigenvalue weighted by Gasteiger charge is -2.14. The molecule has 0 unspecified atom stereocenters. The van der Waals surface area contributed by atoms with Crippen LogP contribution in [0, 0.1) is 0 Å². The minimum Gasteiger partial charge on any atom is -0.493 e. The van der Waals surface area contributed by atoms with Crippen LogP contribution in [0.4, 0.5) is 0 Å². The average Bonchev–Trinajstić information content (AvgIpc) is 3.11. The van der Waals surface area contributed by atoms with E-state index < -0.39 is 5.97 Å². The molecular formula is C19H16O5. The number of carbonyl (C=O) groups is 1. The van der Waals surface area contributed by atoms with Gasteiger partial charge in [0.2, 0.25) is 0 Å². The topological polar surface area (TPSA) is 68.9 Å². The minimum absolute atomic E-state index is 0.0967. The third kappa shape index (κ3) is 2.72. The first-order valence-electron chi connectivity index (χ1n) is 7.28. The molecular weight excluding hydrogens is 308 g/mol. The summed E-state index contributed by atoms with van der Waals surface area (Å²) in [5.74, 6) is 0.290. The van der Waals surface area contributed by atoms with Crippen LogP contribution < -0.4 is 9.47 Å². The summed E-state index contributed by atoms with van der Waals surface area (Å²) in [7, 11) is 3.09. The maximum atomic E-state index is 11.5. The number of hydrogen-bond acceptors (Lipinski definition) is 4. The van der Waals surface area contributed by atoms with E-state index >= 15 is 0 Å². The van der Waals surface area contributed by atoms with Gasteiger partial charge >= 0.3 is 5.97 Å². The van der Waals surface area contributed by atoms with E-state index in [9.17, 15) is 9.90 Å². The molecule has 1 heterocycles.